The second-order valence-corrected chi connectivity index (χ2v) is 2.68. The minimum absolute atomic E-state index is 1.16. The van der Waals surface area contributed by atoms with Crippen LogP contribution in [-0.2, 0) is 0 Å². The summed E-state index contributed by atoms with van der Waals surface area (Å²) in [6, 6.07) is 0. The van der Waals surface area contributed by atoms with E-state index in [4.69, 9.17) is 0 Å². The van der Waals surface area contributed by atoms with Gasteiger partial charge in [-0.15, -0.1) is 0 Å². The highest BCUT2D eigenvalue weighted by molar-refractivity contribution is 5.24. The molecule has 0 nitrogen and oxygen atoms in total. The third-order valence-corrected chi connectivity index (χ3v) is 1.82. The average Bonchev–Trinajstić information content (AvgIpc) is 1.98. The highest BCUT2D eigenvalue weighted by atomic mass is 14.0. The Morgan fingerprint density at radius 1 is 1.50 bits per heavy atom. The zero-order valence-electron chi connectivity index (χ0n) is 7.41. The summed E-state index contributed by atoms with van der Waals surface area (Å²) in [6.07, 6.45) is 5.81. The van der Waals surface area contributed by atoms with E-state index in [-0.39, 0.29) is 0 Å². The number of allylic oxidation sites excluding steroid dienone is 3. The van der Waals surface area contributed by atoms with Gasteiger partial charge in [0.2, 0.25) is 0 Å². The Hall–Kier alpha value is -0.520. The van der Waals surface area contributed by atoms with Gasteiger partial charge in [0.25, 0.3) is 0 Å². The van der Waals surface area contributed by atoms with E-state index in [1.54, 1.807) is 0 Å². The van der Waals surface area contributed by atoms with Gasteiger partial charge < -0.3 is 0 Å². The third-order valence-electron chi connectivity index (χ3n) is 1.82. The van der Waals surface area contributed by atoms with Gasteiger partial charge in [-0.05, 0) is 26.7 Å². The van der Waals surface area contributed by atoms with E-state index in [2.05, 4.69) is 33.4 Å². The largest absolute Gasteiger partial charge is 0.0956 e. The molecule has 0 saturated carbocycles. The summed E-state index contributed by atoms with van der Waals surface area (Å²) < 4.78 is 0. The van der Waals surface area contributed by atoms with Crippen molar-refractivity contribution in [3.63, 3.8) is 0 Å². The molecule has 0 radical (unpaired) electrons. The van der Waals surface area contributed by atoms with Gasteiger partial charge in [0.1, 0.15) is 0 Å². The quantitative estimate of drug-likeness (QED) is 0.520. The smallest absolute Gasteiger partial charge is 0.0282 e. The van der Waals surface area contributed by atoms with Crippen molar-refractivity contribution in [2.24, 2.45) is 0 Å². The average molecular weight is 138 g/mol. The van der Waals surface area contributed by atoms with Crippen LogP contribution in [0.2, 0.25) is 0 Å². The van der Waals surface area contributed by atoms with Crippen LogP contribution in [0.5, 0.6) is 0 Å². The Balaban J connectivity index is 3.63. The Morgan fingerprint density at radius 2 is 2.10 bits per heavy atom. The van der Waals surface area contributed by atoms with Crippen molar-refractivity contribution in [1.82, 2.24) is 0 Å². The summed E-state index contributed by atoms with van der Waals surface area (Å²) >= 11 is 0. The molecule has 0 spiro atoms. The molecule has 0 heterocycles. The maximum atomic E-state index is 3.99. The van der Waals surface area contributed by atoms with Gasteiger partial charge in [0, 0.05) is 0 Å². The molecule has 0 bridgehead atoms. The Morgan fingerprint density at radius 3 is 2.50 bits per heavy atom. The SMILES string of the molecule is C=C(CCCC)/C(C)=C\C. The maximum Gasteiger partial charge on any atom is -0.0282 e. The van der Waals surface area contributed by atoms with Crippen LogP contribution in [0.4, 0.5) is 0 Å². The summed E-state index contributed by atoms with van der Waals surface area (Å²) in [7, 11) is 0. The van der Waals surface area contributed by atoms with Crippen molar-refractivity contribution in [1.29, 1.82) is 0 Å². The highest BCUT2D eigenvalue weighted by Gasteiger charge is 1.93. The molecule has 58 valence electrons. The van der Waals surface area contributed by atoms with E-state index >= 15 is 0 Å². The molecule has 0 aliphatic heterocycles. The maximum absolute atomic E-state index is 3.99. The van der Waals surface area contributed by atoms with Gasteiger partial charge in [0.15, 0.2) is 0 Å². The lowest BCUT2D eigenvalue weighted by Gasteiger charge is -2.02. The van der Waals surface area contributed by atoms with Crippen molar-refractivity contribution < 1.29 is 0 Å². The number of hydrogen-bond donors (Lipinski definition) is 0. The molecule has 0 aliphatic carbocycles. The van der Waals surface area contributed by atoms with Crippen molar-refractivity contribution in [3.05, 3.63) is 23.8 Å². The van der Waals surface area contributed by atoms with Gasteiger partial charge >= 0.3 is 0 Å². The van der Waals surface area contributed by atoms with E-state index < -0.39 is 0 Å². The van der Waals surface area contributed by atoms with Crippen LogP contribution < -0.4 is 0 Å². The molecule has 0 unspecified atom stereocenters. The molecular formula is C10H18. The minimum atomic E-state index is 1.16. The van der Waals surface area contributed by atoms with Crippen LogP contribution >= 0.6 is 0 Å². The second-order valence-electron chi connectivity index (χ2n) is 2.68. The molecule has 0 aliphatic rings. The van der Waals surface area contributed by atoms with Crippen molar-refractivity contribution in [2.45, 2.75) is 40.0 Å². The second kappa shape index (κ2) is 5.28. The molecule has 0 amide bonds. The molecular weight excluding hydrogens is 120 g/mol. The van der Waals surface area contributed by atoms with Gasteiger partial charge in [-0.3, -0.25) is 0 Å². The van der Waals surface area contributed by atoms with Crippen LogP contribution in [-0.4, -0.2) is 0 Å². The van der Waals surface area contributed by atoms with Crippen molar-refractivity contribution in [3.8, 4) is 0 Å². The van der Waals surface area contributed by atoms with E-state index in [1.165, 1.54) is 24.0 Å². The first-order valence-corrected chi connectivity index (χ1v) is 4.03. The first kappa shape index (κ1) is 9.48. The molecule has 0 aromatic carbocycles. The van der Waals surface area contributed by atoms with E-state index in [0.29, 0.717) is 0 Å². The van der Waals surface area contributed by atoms with Crippen molar-refractivity contribution in [2.75, 3.05) is 0 Å². The van der Waals surface area contributed by atoms with E-state index in [9.17, 15) is 0 Å². The summed E-state index contributed by atoms with van der Waals surface area (Å²) in [4.78, 5) is 0. The lowest BCUT2D eigenvalue weighted by Crippen LogP contribution is -1.82. The fourth-order valence-corrected chi connectivity index (χ4v) is 0.791. The molecule has 0 aromatic heterocycles. The van der Waals surface area contributed by atoms with Crippen LogP contribution in [0.3, 0.4) is 0 Å². The topological polar surface area (TPSA) is 0 Å². The zero-order valence-corrected chi connectivity index (χ0v) is 7.41. The lowest BCUT2D eigenvalue weighted by molar-refractivity contribution is 0.793. The molecule has 0 saturated heterocycles. The summed E-state index contributed by atoms with van der Waals surface area (Å²) in [5.74, 6) is 0. The van der Waals surface area contributed by atoms with Gasteiger partial charge in [-0.25, -0.2) is 0 Å². The number of rotatable bonds is 4. The standard InChI is InChI=1S/C10H18/c1-5-7-8-10(4)9(3)6-2/h6H,4-5,7-8H2,1-3H3/b9-6-. The molecule has 0 rings (SSSR count). The number of unbranched alkanes of at least 4 members (excludes halogenated alkanes) is 1. The molecule has 0 aromatic rings. The molecule has 0 heteroatoms. The van der Waals surface area contributed by atoms with Gasteiger partial charge in [-0.1, -0.05) is 37.1 Å². The molecule has 10 heavy (non-hydrogen) atoms. The van der Waals surface area contributed by atoms with E-state index in [0.717, 1.165) is 6.42 Å². The summed E-state index contributed by atoms with van der Waals surface area (Å²) in [6.45, 7) is 10.4. The lowest BCUT2D eigenvalue weighted by atomic mass is 10.0. The predicted octanol–water partition coefficient (Wildman–Crippen LogP) is 3.70. The van der Waals surface area contributed by atoms with E-state index in [1.807, 2.05) is 0 Å². The predicted molar refractivity (Wildman–Crippen MR) is 48.1 cm³/mol. The van der Waals surface area contributed by atoms with Gasteiger partial charge in [-0.2, -0.15) is 0 Å². The van der Waals surface area contributed by atoms with Crippen LogP contribution in [0.1, 0.15) is 40.0 Å². The number of hydrogen-bond acceptors (Lipinski definition) is 0. The summed E-state index contributed by atoms with van der Waals surface area (Å²) in [5, 5.41) is 0. The fraction of sp³-hybridized carbons (Fsp3) is 0.600. The first-order valence-electron chi connectivity index (χ1n) is 4.03. The summed E-state index contributed by atoms with van der Waals surface area (Å²) in [5.41, 5.74) is 2.64. The molecule has 0 fully saturated rings. The Bertz CT molecular complexity index is 129. The highest BCUT2D eigenvalue weighted by Crippen LogP contribution is 2.13. The van der Waals surface area contributed by atoms with Crippen LogP contribution in [0, 0.1) is 0 Å². The normalized spacial score (nSPS) is 11.7. The van der Waals surface area contributed by atoms with Gasteiger partial charge in [0.05, 0.1) is 0 Å². The monoisotopic (exact) mass is 138 g/mol. The molecule has 0 N–H and O–H groups in total. The fourth-order valence-electron chi connectivity index (χ4n) is 0.791. The minimum Gasteiger partial charge on any atom is -0.0956 e. The molecule has 0 atom stereocenters. The van der Waals surface area contributed by atoms with Crippen LogP contribution in [0.15, 0.2) is 23.8 Å². The van der Waals surface area contributed by atoms with Crippen molar-refractivity contribution >= 4 is 0 Å². The first-order chi connectivity index (χ1) is 4.72. The van der Waals surface area contributed by atoms with Crippen LogP contribution in [0.25, 0.3) is 0 Å². The Kier molecular flexibility index (Phi) is 5.00. The zero-order chi connectivity index (χ0) is 7.98. The Labute approximate surface area is 64.6 Å². The third kappa shape index (κ3) is 3.49.